The molecule has 0 aliphatic heterocycles. The summed E-state index contributed by atoms with van der Waals surface area (Å²) in [6.45, 7) is 7.96. The van der Waals surface area contributed by atoms with Crippen molar-refractivity contribution in [2.24, 2.45) is 17.3 Å². The molecule has 9 nitrogen and oxygen atoms in total. The van der Waals surface area contributed by atoms with Gasteiger partial charge in [0.15, 0.2) is 0 Å². The third kappa shape index (κ3) is 9.66. The van der Waals surface area contributed by atoms with E-state index in [1.165, 1.54) is 42.4 Å². The maximum Gasteiger partial charge on any atom is 0.129 e. The van der Waals surface area contributed by atoms with E-state index in [9.17, 15) is 0 Å². The molecule has 0 N–H and O–H groups in total. The molecule has 0 radical (unpaired) electrons. The lowest BCUT2D eigenvalue weighted by molar-refractivity contribution is 0.0433. The monoisotopic (exact) mass is 791 g/mol. The van der Waals surface area contributed by atoms with Crippen molar-refractivity contribution >= 4 is 0 Å². The molecule has 0 heterocycles. The van der Waals surface area contributed by atoms with Crippen molar-refractivity contribution in [3.05, 3.63) is 86.5 Å². The van der Waals surface area contributed by atoms with Crippen LogP contribution in [-0.4, -0.2) is 64.0 Å². The Hall–Kier alpha value is -3.18. The van der Waals surface area contributed by atoms with E-state index < -0.39 is 0 Å². The van der Waals surface area contributed by atoms with Gasteiger partial charge in [-0.1, -0.05) is 13.8 Å². The first kappa shape index (κ1) is 44.9. The van der Waals surface area contributed by atoms with Gasteiger partial charge in [-0.15, -0.1) is 0 Å². The van der Waals surface area contributed by atoms with E-state index >= 15 is 0 Å². The molecular formula is C48H70O9. The molecule has 2 aliphatic rings. The van der Waals surface area contributed by atoms with Crippen LogP contribution in [0.2, 0.25) is 0 Å². The molecule has 2 saturated carbocycles. The van der Waals surface area contributed by atoms with Crippen LogP contribution in [-0.2, 0) is 73.5 Å². The number of hydrogen-bond donors (Lipinski definition) is 0. The number of benzene rings is 3. The Kier molecular flexibility index (Phi) is 16.3. The van der Waals surface area contributed by atoms with E-state index in [0.29, 0.717) is 57.4 Å². The van der Waals surface area contributed by atoms with Crippen molar-refractivity contribution in [1.82, 2.24) is 0 Å². The van der Waals surface area contributed by atoms with Crippen molar-refractivity contribution in [1.29, 1.82) is 0 Å². The number of rotatable bonds is 20. The lowest BCUT2D eigenvalue weighted by Gasteiger charge is -2.50. The highest BCUT2D eigenvalue weighted by atomic mass is 16.5. The van der Waals surface area contributed by atoms with E-state index in [1.807, 2.05) is 0 Å². The molecule has 3 aromatic rings. The van der Waals surface area contributed by atoms with Crippen LogP contribution < -0.4 is 14.2 Å². The molecule has 316 valence electrons. The standard InChI is InChI=1S/C48H70O9/c1-47(2,40-14-12-32(13-15-40)33-20-34(26-49-3)44(55-9)35(21-33)27-50-4)41-16-18-48(19-17-41,42-22-36(28-51-5)45(56-10)37(23-42)29-52-6)43-24-38(30-53-7)46(57-11)39(25-43)31-54-8/h20-25,32,40-41H,12-19,26-31H2,1-11H3. The van der Waals surface area contributed by atoms with E-state index in [1.54, 1.807) is 64.0 Å². The van der Waals surface area contributed by atoms with E-state index in [0.717, 1.165) is 76.3 Å². The first-order valence-electron chi connectivity index (χ1n) is 20.6. The van der Waals surface area contributed by atoms with Crippen molar-refractivity contribution in [3.63, 3.8) is 0 Å². The maximum atomic E-state index is 5.98. The lowest BCUT2D eigenvalue weighted by Crippen LogP contribution is -2.41. The van der Waals surface area contributed by atoms with Gasteiger partial charge in [0.05, 0.1) is 61.0 Å². The summed E-state index contributed by atoms with van der Waals surface area (Å²) in [6.07, 6.45) is 9.11. The van der Waals surface area contributed by atoms with Crippen LogP contribution in [0.5, 0.6) is 17.2 Å². The summed E-state index contributed by atoms with van der Waals surface area (Å²) in [5.41, 5.74) is 10.2. The van der Waals surface area contributed by atoms with Gasteiger partial charge in [0.25, 0.3) is 0 Å². The van der Waals surface area contributed by atoms with Gasteiger partial charge in [-0.25, -0.2) is 0 Å². The largest absolute Gasteiger partial charge is 0.496 e. The molecule has 9 heteroatoms. The highest BCUT2D eigenvalue weighted by Crippen LogP contribution is 2.56. The van der Waals surface area contributed by atoms with E-state index in [4.69, 9.17) is 42.6 Å². The zero-order chi connectivity index (χ0) is 41.2. The molecule has 0 aromatic heterocycles. The molecular weight excluding hydrogens is 721 g/mol. The summed E-state index contributed by atoms with van der Waals surface area (Å²) in [6, 6.07) is 13.9. The second kappa shape index (κ2) is 20.7. The average molecular weight is 791 g/mol. The summed E-state index contributed by atoms with van der Waals surface area (Å²) in [7, 11) is 15.6. The second-order valence-electron chi connectivity index (χ2n) is 16.9. The second-order valence-corrected chi connectivity index (χ2v) is 16.9. The molecule has 0 amide bonds. The fourth-order valence-corrected chi connectivity index (χ4v) is 10.5. The summed E-state index contributed by atoms with van der Waals surface area (Å²) < 4.78 is 51.9. The molecule has 0 spiro atoms. The van der Waals surface area contributed by atoms with Crippen molar-refractivity contribution in [2.75, 3.05) is 64.0 Å². The van der Waals surface area contributed by atoms with Crippen molar-refractivity contribution < 1.29 is 42.6 Å². The Morgan fingerprint density at radius 3 is 1.04 bits per heavy atom. The number of ether oxygens (including phenoxy) is 9. The topological polar surface area (TPSA) is 83.1 Å². The van der Waals surface area contributed by atoms with Gasteiger partial charge < -0.3 is 42.6 Å². The predicted molar refractivity (Wildman–Crippen MR) is 224 cm³/mol. The van der Waals surface area contributed by atoms with E-state index in [2.05, 4.69) is 50.2 Å². The predicted octanol–water partition coefficient (Wildman–Crippen LogP) is 10.1. The minimum atomic E-state index is -0.257. The van der Waals surface area contributed by atoms with Gasteiger partial charge in [-0.2, -0.15) is 0 Å². The fourth-order valence-electron chi connectivity index (χ4n) is 10.5. The minimum absolute atomic E-state index is 0.199. The van der Waals surface area contributed by atoms with Gasteiger partial charge in [0.1, 0.15) is 17.2 Å². The molecule has 5 rings (SSSR count). The third-order valence-electron chi connectivity index (χ3n) is 13.4. The third-order valence-corrected chi connectivity index (χ3v) is 13.4. The highest BCUT2D eigenvalue weighted by Gasteiger charge is 2.46. The Morgan fingerprint density at radius 2 is 0.737 bits per heavy atom. The van der Waals surface area contributed by atoms with E-state index in [-0.39, 0.29) is 10.8 Å². The molecule has 2 fully saturated rings. The number of hydrogen-bond acceptors (Lipinski definition) is 9. The van der Waals surface area contributed by atoms with Gasteiger partial charge in [0, 0.05) is 81.5 Å². The zero-order valence-electron chi connectivity index (χ0n) is 36.8. The Labute approximate surface area is 343 Å². The first-order valence-corrected chi connectivity index (χ1v) is 20.6. The molecule has 2 aliphatic carbocycles. The molecule has 0 saturated heterocycles. The van der Waals surface area contributed by atoms with Crippen molar-refractivity contribution in [2.45, 2.75) is 116 Å². The van der Waals surface area contributed by atoms with Crippen LogP contribution >= 0.6 is 0 Å². The molecule has 3 aromatic carbocycles. The quantitative estimate of drug-likeness (QED) is 0.111. The highest BCUT2D eigenvalue weighted by molar-refractivity contribution is 5.54. The van der Waals surface area contributed by atoms with Crippen LogP contribution in [0.4, 0.5) is 0 Å². The number of methoxy groups -OCH3 is 9. The summed E-state index contributed by atoms with van der Waals surface area (Å²) in [5, 5.41) is 0. The maximum absolute atomic E-state index is 5.98. The van der Waals surface area contributed by atoms with Crippen LogP contribution in [0.15, 0.2) is 36.4 Å². The summed E-state index contributed by atoms with van der Waals surface area (Å²) >= 11 is 0. The van der Waals surface area contributed by atoms with Crippen molar-refractivity contribution in [3.8, 4) is 17.2 Å². The minimum Gasteiger partial charge on any atom is -0.496 e. The molecule has 0 unspecified atom stereocenters. The van der Waals surface area contributed by atoms with Crippen LogP contribution in [0.3, 0.4) is 0 Å². The van der Waals surface area contributed by atoms with Gasteiger partial charge in [0.2, 0.25) is 0 Å². The van der Waals surface area contributed by atoms with Gasteiger partial charge >= 0.3 is 0 Å². The van der Waals surface area contributed by atoms with Crippen LogP contribution in [0.1, 0.15) is 121 Å². The van der Waals surface area contributed by atoms with Gasteiger partial charge in [-0.05, 0) is 128 Å². The summed E-state index contributed by atoms with van der Waals surface area (Å²) in [5.74, 6) is 4.31. The van der Waals surface area contributed by atoms with Gasteiger partial charge in [-0.3, -0.25) is 0 Å². The zero-order valence-corrected chi connectivity index (χ0v) is 36.8. The Morgan fingerprint density at radius 1 is 0.439 bits per heavy atom. The molecule has 0 bridgehead atoms. The molecule has 0 atom stereocenters. The van der Waals surface area contributed by atoms with Crippen LogP contribution in [0, 0.1) is 17.3 Å². The smallest absolute Gasteiger partial charge is 0.129 e. The molecule has 57 heavy (non-hydrogen) atoms. The average Bonchev–Trinajstić information content (AvgIpc) is 3.21. The summed E-state index contributed by atoms with van der Waals surface area (Å²) in [4.78, 5) is 0. The lowest BCUT2D eigenvalue weighted by atomic mass is 9.54. The first-order chi connectivity index (χ1) is 27.6. The SMILES string of the molecule is COCc1cc(C2CCC(C(C)(C)C3CCC(c4cc(COC)c(OC)c(COC)c4)(c4cc(COC)c(OC)c(COC)c4)CC3)CC2)cc(COC)c1OC. The van der Waals surface area contributed by atoms with Crippen LogP contribution in [0.25, 0.3) is 0 Å². The Balaban J connectivity index is 1.47. The Bertz CT molecular complexity index is 1580. The normalized spacial score (nSPS) is 18.8. The fraction of sp³-hybridized carbons (Fsp3) is 0.625.